The summed E-state index contributed by atoms with van der Waals surface area (Å²) in [5.74, 6) is 1.95. The average Bonchev–Trinajstić information content (AvgIpc) is 2.99. The summed E-state index contributed by atoms with van der Waals surface area (Å²) in [6.07, 6.45) is 5.34. The Labute approximate surface area is 133 Å². The molecule has 1 aliphatic carbocycles. The molecule has 0 aliphatic heterocycles. The van der Waals surface area contributed by atoms with Gasteiger partial charge in [-0.25, -0.2) is 0 Å². The molecule has 1 aliphatic rings. The van der Waals surface area contributed by atoms with Gasteiger partial charge in [0.25, 0.3) is 0 Å². The number of hydrogen-bond acceptors (Lipinski definition) is 4. The molecule has 0 radical (unpaired) electrons. The smallest absolute Gasteiger partial charge is 0.247 e. The highest BCUT2D eigenvalue weighted by Crippen LogP contribution is 2.38. The second-order valence-electron chi connectivity index (χ2n) is 5.91. The number of rotatable bonds is 3. The van der Waals surface area contributed by atoms with E-state index < -0.39 is 5.54 Å². The van der Waals surface area contributed by atoms with Gasteiger partial charge in [-0.05, 0) is 43.7 Å². The Morgan fingerprint density at radius 1 is 1.33 bits per heavy atom. The van der Waals surface area contributed by atoms with Crippen LogP contribution in [-0.2, 0) is 5.54 Å². The van der Waals surface area contributed by atoms with Gasteiger partial charge in [-0.15, -0.1) is 0 Å². The Kier molecular flexibility index (Phi) is 4.13. The molecule has 1 heterocycles. The fraction of sp³-hybridized carbons (Fsp3) is 0.500. The Morgan fingerprint density at radius 2 is 2.05 bits per heavy atom. The summed E-state index contributed by atoms with van der Waals surface area (Å²) in [6, 6.07) is 7.86. The van der Waals surface area contributed by atoms with Gasteiger partial charge in [-0.3, -0.25) is 0 Å². The van der Waals surface area contributed by atoms with Gasteiger partial charge in [0.2, 0.25) is 11.7 Å². The average molecular weight is 350 g/mol. The topological polar surface area (TPSA) is 64.9 Å². The Balaban J connectivity index is 1.84. The second-order valence-corrected chi connectivity index (χ2v) is 6.77. The molecule has 5 heteroatoms. The zero-order valence-electron chi connectivity index (χ0n) is 12.2. The summed E-state index contributed by atoms with van der Waals surface area (Å²) in [6.45, 7) is 2.24. The molecule has 0 unspecified atom stereocenters. The number of nitrogens with two attached hydrogens (primary N) is 1. The minimum atomic E-state index is -0.460. The molecule has 0 saturated heterocycles. The highest BCUT2D eigenvalue weighted by Gasteiger charge is 2.37. The molecule has 1 aromatic heterocycles. The fourth-order valence-electron chi connectivity index (χ4n) is 2.99. The van der Waals surface area contributed by atoms with Crippen molar-refractivity contribution in [3.05, 3.63) is 34.6 Å². The van der Waals surface area contributed by atoms with E-state index in [9.17, 15) is 0 Å². The number of benzene rings is 1. The van der Waals surface area contributed by atoms with Crippen molar-refractivity contribution in [3.63, 3.8) is 0 Å². The molecule has 21 heavy (non-hydrogen) atoms. The van der Waals surface area contributed by atoms with E-state index in [1.54, 1.807) is 0 Å². The van der Waals surface area contributed by atoms with E-state index in [-0.39, 0.29) is 0 Å². The van der Waals surface area contributed by atoms with E-state index in [1.165, 1.54) is 6.42 Å². The maximum absolute atomic E-state index is 6.52. The van der Waals surface area contributed by atoms with Gasteiger partial charge in [-0.1, -0.05) is 46.6 Å². The molecule has 3 rings (SSSR count). The highest BCUT2D eigenvalue weighted by molar-refractivity contribution is 9.10. The molecule has 0 atom stereocenters. The van der Waals surface area contributed by atoms with Crippen LogP contribution in [-0.4, -0.2) is 10.1 Å². The first kappa shape index (κ1) is 14.7. The van der Waals surface area contributed by atoms with Gasteiger partial charge in [0.15, 0.2) is 0 Å². The molecule has 1 saturated carbocycles. The third kappa shape index (κ3) is 2.90. The minimum Gasteiger partial charge on any atom is -0.337 e. The molecular weight excluding hydrogens is 330 g/mol. The summed E-state index contributed by atoms with van der Waals surface area (Å²) < 4.78 is 6.44. The predicted octanol–water partition coefficient (Wildman–Crippen LogP) is 4.25. The van der Waals surface area contributed by atoms with E-state index in [1.807, 2.05) is 24.3 Å². The summed E-state index contributed by atoms with van der Waals surface area (Å²) in [5.41, 5.74) is 6.99. The van der Waals surface area contributed by atoms with Crippen LogP contribution < -0.4 is 5.73 Å². The maximum atomic E-state index is 6.52. The normalized spacial score (nSPS) is 26.0. The summed E-state index contributed by atoms with van der Waals surface area (Å²) >= 11 is 3.52. The number of hydrogen-bond donors (Lipinski definition) is 1. The van der Waals surface area contributed by atoms with Gasteiger partial charge in [0, 0.05) is 10.0 Å². The van der Waals surface area contributed by atoms with Crippen LogP contribution in [0.1, 0.15) is 44.9 Å². The Hall–Kier alpha value is -1.20. The lowest BCUT2D eigenvalue weighted by Gasteiger charge is -2.33. The van der Waals surface area contributed by atoms with Gasteiger partial charge in [0.1, 0.15) is 0 Å². The summed E-state index contributed by atoms with van der Waals surface area (Å²) in [7, 11) is 0. The van der Waals surface area contributed by atoms with E-state index in [4.69, 9.17) is 10.3 Å². The van der Waals surface area contributed by atoms with Crippen LogP contribution in [0.4, 0.5) is 0 Å². The standard InChI is InChI=1S/C16H20BrN3O/c1-2-11-7-9-16(18,10-8-11)15-19-14(20-21-15)12-5-3-4-6-13(12)17/h3-6,11H,2,7-10,18H2,1H3. The number of aromatic nitrogens is 2. The van der Waals surface area contributed by atoms with Crippen LogP contribution in [0.2, 0.25) is 0 Å². The van der Waals surface area contributed by atoms with Crippen molar-refractivity contribution in [2.24, 2.45) is 11.7 Å². The Morgan fingerprint density at radius 3 is 2.71 bits per heavy atom. The first-order valence-electron chi connectivity index (χ1n) is 7.50. The monoisotopic (exact) mass is 349 g/mol. The number of halogens is 1. The third-order valence-electron chi connectivity index (χ3n) is 4.54. The molecular formula is C16H20BrN3O. The van der Waals surface area contributed by atoms with E-state index in [0.29, 0.717) is 11.7 Å². The zero-order valence-corrected chi connectivity index (χ0v) is 13.8. The molecule has 1 fully saturated rings. The van der Waals surface area contributed by atoms with Crippen LogP contribution in [0, 0.1) is 5.92 Å². The van der Waals surface area contributed by atoms with E-state index in [2.05, 4.69) is 33.0 Å². The van der Waals surface area contributed by atoms with Gasteiger partial charge in [-0.2, -0.15) is 4.98 Å². The molecule has 0 bridgehead atoms. The Bertz CT molecular complexity index is 617. The van der Waals surface area contributed by atoms with Crippen molar-refractivity contribution in [1.82, 2.24) is 10.1 Å². The summed E-state index contributed by atoms with van der Waals surface area (Å²) in [5, 5.41) is 4.11. The van der Waals surface area contributed by atoms with Gasteiger partial charge in [0.05, 0.1) is 5.54 Å². The van der Waals surface area contributed by atoms with Crippen molar-refractivity contribution in [3.8, 4) is 11.4 Å². The van der Waals surface area contributed by atoms with Crippen molar-refractivity contribution in [1.29, 1.82) is 0 Å². The maximum Gasteiger partial charge on any atom is 0.247 e. The lowest BCUT2D eigenvalue weighted by atomic mass is 9.76. The molecule has 2 aromatic rings. The zero-order chi connectivity index (χ0) is 14.9. The second kappa shape index (κ2) is 5.89. The van der Waals surface area contributed by atoms with E-state index >= 15 is 0 Å². The van der Waals surface area contributed by atoms with Crippen LogP contribution in [0.5, 0.6) is 0 Å². The van der Waals surface area contributed by atoms with Crippen LogP contribution in [0.15, 0.2) is 33.3 Å². The molecule has 1 aromatic carbocycles. The molecule has 4 nitrogen and oxygen atoms in total. The molecule has 0 amide bonds. The lowest BCUT2D eigenvalue weighted by molar-refractivity contribution is 0.181. The van der Waals surface area contributed by atoms with Gasteiger partial charge < -0.3 is 10.3 Å². The largest absolute Gasteiger partial charge is 0.337 e. The quantitative estimate of drug-likeness (QED) is 0.899. The SMILES string of the molecule is CCC1CCC(N)(c2nc(-c3ccccc3Br)no2)CC1. The highest BCUT2D eigenvalue weighted by atomic mass is 79.9. The first-order valence-corrected chi connectivity index (χ1v) is 8.29. The van der Waals surface area contributed by atoms with Crippen molar-refractivity contribution < 1.29 is 4.52 Å². The molecule has 2 N–H and O–H groups in total. The first-order chi connectivity index (χ1) is 10.1. The van der Waals surface area contributed by atoms with Crippen LogP contribution in [0.25, 0.3) is 11.4 Å². The molecule has 0 spiro atoms. The molecule has 112 valence electrons. The van der Waals surface area contributed by atoms with Crippen molar-refractivity contribution in [2.75, 3.05) is 0 Å². The number of nitrogens with zero attached hydrogens (tertiary/aromatic N) is 2. The third-order valence-corrected chi connectivity index (χ3v) is 5.23. The van der Waals surface area contributed by atoms with E-state index in [0.717, 1.165) is 41.6 Å². The van der Waals surface area contributed by atoms with Crippen LogP contribution >= 0.6 is 15.9 Å². The van der Waals surface area contributed by atoms with Crippen LogP contribution in [0.3, 0.4) is 0 Å². The predicted molar refractivity (Wildman–Crippen MR) is 85.5 cm³/mol. The minimum absolute atomic E-state index is 0.460. The lowest BCUT2D eigenvalue weighted by Crippen LogP contribution is -2.40. The van der Waals surface area contributed by atoms with Crippen molar-refractivity contribution in [2.45, 2.75) is 44.6 Å². The summed E-state index contributed by atoms with van der Waals surface area (Å²) in [4.78, 5) is 4.55. The fourth-order valence-corrected chi connectivity index (χ4v) is 3.45. The van der Waals surface area contributed by atoms with Gasteiger partial charge >= 0.3 is 0 Å². The van der Waals surface area contributed by atoms with Crippen molar-refractivity contribution >= 4 is 15.9 Å².